The van der Waals surface area contributed by atoms with Crippen molar-refractivity contribution in [3.05, 3.63) is 5.82 Å². The zero-order chi connectivity index (χ0) is 11.4. The molecule has 1 aliphatic rings. The number of ether oxygens (including phenoxy) is 1. The second-order valence-electron chi connectivity index (χ2n) is 3.90. The fourth-order valence-corrected chi connectivity index (χ4v) is 1.73. The van der Waals surface area contributed by atoms with Gasteiger partial charge >= 0.3 is 0 Å². The Morgan fingerprint density at radius 1 is 1.75 bits per heavy atom. The molecule has 16 heavy (non-hydrogen) atoms. The smallest absolute Gasteiger partial charge is 0.223 e. The van der Waals surface area contributed by atoms with Gasteiger partial charge in [0.15, 0.2) is 5.82 Å². The number of rotatable bonds is 4. The quantitative estimate of drug-likeness (QED) is 0.749. The fraction of sp³-hybridized carbons (Fsp3) is 0.778. The van der Waals surface area contributed by atoms with E-state index in [4.69, 9.17) is 4.74 Å². The third-order valence-electron chi connectivity index (χ3n) is 2.56. The number of aromatic amines is 1. The highest BCUT2D eigenvalue weighted by molar-refractivity contribution is 5.76. The van der Waals surface area contributed by atoms with Crippen molar-refractivity contribution < 1.29 is 9.53 Å². The van der Waals surface area contributed by atoms with E-state index in [1.54, 1.807) is 0 Å². The van der Waals surface area contributed by atoms with E-state index >= 15 is 0 Å². The molecule has 1 saturated heterocycles. The largest absolute Gasteiger partial charge is 0.378 e. The molecule has 2 N–H and O–H groups in total. The van der Waals surface area contributed by atoms with Crippen LogP contribution in [0.3, 0.4) is 0 Å². The molecule has 1 aromatic rings. The molecule has 0 spiro atoms. The van der Waals surface area contributed by atoms with Gasteiger partial charge in [-0.3, -0.25) is 4.79 Å². The molecule has 0 aromatic carbocycles. The minimum atomic E-state index is -0.229. The average Bonchev–Trinajstić information content (AvgIpc) is 2.88. The number of carbonyl (C=O) groups is 1. The zero-order valence-corrected chi connectivity index (χ0v) is 9.14. The predicted molar refractivity (Wildman–Crippen MR) is 54.3 cm³/mol. The summed E-state index contributed by atoms with van der Waals surface area (Å²) in [6.45, 7) is 2.58. The summed E-state index contributed by atoms with van der Waals surface area (Å²) in [5, 5.41) is 16.2. The van der Waals surface area contributed by atoms with E-state index in [-0.39, 0.29) is 18.1 Å². The van der Waals surface area contributed by atoms with E-state index in [9.17, 15) is 4.79 Å². The molecule has 2 unspecified atom stereocenters. The number of H-pyrrole nitrogens is 1. The van der Waals surface area contributed by atoms with Crippen molar-refractivity contribution in [2.24, 2.45) is 0 Å². The molecule has 2 heterocycles. The number of aromatic nitrogens is 4. The van der Waals surface area contributed by atoms with Crippen LogP contribution >= 0.6 is 0 Å². The van der Waals surface area contributed by atoms with Crippen LogP contribution in [0.4, 0.5) is 0 Å². The van der Waals surface area contributed by atoms with Crippen molar-refractivity contribution in [1.82, 2.24) is 25.9 Å². The maximum absolute atomic E-state index is 11.6. The first-order chi connectivity index (χ1) is 7.75. The lowest BCUT2D eigenvalue weighted by Crippen LogP contribution is -2.30. The van der Waals surface area contributed by atoms with Crippen LogP contribution < -0.4 is 5.32 Å². The highest BCUT2D eigenvalue weighted by atomic mass is 16.5. The molecule has 2 rings (SSSR count). The lowest BCUT2D eigenvalue weighted by Gasteiger charge is -2.12. The Bertz CT molecular complexity index is 334. The van der Waals surface area contributed by atoms with Crippen LogP contribution in [-0.4, -0.2) is 39.2 Å². The lowest BCUT2D eigenvalue weighted by atomic mass is 10.1. The van der Waals surface area contributed by atoms with Crippen LogP contribution in [0, 0.1) is 0 Å². The summed E-state index contributed by atoms with van der Waals surface area (Å²) >= 11 is 0. The molecule has 88 valence electrons. The number of carbonyl (C=O) groups excluding carboxylic acids is 1. The number of hydrogen-bond acceptors (Lipinski definition) is 5. The molecule has 0 radical (unpaired) electrons. The molecule has 0 aliphatic carbocycles. The first kappa shape index (κ1) is 11.0. The number of amides is 1. The third kappa shape index (κ3) is 2.75. The van der Waals surface area contributed by atoms with Gasteiger partial charge in [0.05, 0.1) is 18.6 Å². The maximum atomic E-state index is 11.6. The van der Waals surface area contributed by atoms with Crippen molar-refractivity contribution in [3.8, 4) is 0 Å². The van der Waals surface area contributed by atoms with Crippen molar-refractivity contribution in [2.75, 3.05) is 6.61 Å². The highest BCUT2D eigenvalue weighted by Crippen LogP contribution is 2.15. The van der Waals surface area contributed by atoms with Crippen molar-refractivity contribution in [2.45, 2.75) is 38.3 Å². The maximum Gasteiger partial charge on any atom is 0.223 e. The van der Waals surface area contributed by atoms with Crippen molar-refractivity contribution in [3.63, 3.8) is 0 Å². The number of nitrogens with one attached hydrogen (secondary N) is 2. The molecule has 0 bridgehead atoms. The normalized spacial score (nSPS) is 21.9. The number of nitrogens with zero attached hydrogens (tertiary/aromatic N) is 3. The second kappa shape index (κ2) is 5.02. The number of hydrogen-bond donors (Lipinski definition) is 2. The van der Waals surface area contributed by atoms with Gasteiger partial charge in [-0.1, -0.05) is 5.21 Å². The van der Waals surface area contributed by atoms with E-state index in [2.05, 4.69) is 25.9 Å². The van der Waals surface area contributed by atoms with E-state index in [0.717, 1.165) is 19.4 Å². The van der Waals surface area contributed by atoms with Crippen LogP contribution in [0.15, 0.2) is 0 Å². The van der Waals surface area contributed by atoms with Gasteiger partial charge in [-0.25, -0.2) is 0 Å². The minimum absolute atomic E-state index is 0.0378. The van der Waals surface area contributed by atoms with Gasteiger partial charge in [-0.15, -0.1) is 10.2 Å². The predicted octanol–water partition coefficient (Wildman–Crippen LogP) is -0.0540. The molecule has 7 nitrogen and oxygen atoms in total. The average molecular weight is 225 g/mol. The van der Waals surface area contributed by atoms with E-state index in [1.807, 2.05) is 6.92 Å². The van der Waals surface area contributed by atoms with Crippen LogP contribution in [0.25, 0.3) is 0 Å². The summed E-state index contributed by atoms with van der Waals surface area (Å²) in [6, 6.07) is -0.229. The molecular weight excluding hydrogens is 210 g/mol. The van der Waals surface area contributed by atoms with E-state index in [1.165, 1.54) is 0 Å². The van der Waals surface area contributed by atoms with Gasteiger partial charge in [0.1, 0.15) is 0 Å². The zero-order valence-electron chi connectivity index (χ0n) is 9.14. The highest BCUT2D eigenvalue weighted by Gasteiger charge is 2.21. The summed E-state index contributed by atoms with van der Waals surface area (Å²) in [6.07, 6.45) is 2.47. The van der Waals surface area contributed by atoms with Crippen LogP contribution in [-0.2, 0) is 9.53 Å². The first-order valence-electron chi connectivity index (χ1n) is 5.40. The fourth-order valence-electron chi connectivity index (χ4n) is 1.73. The van der Waals surface area contributed by atoms with Gasteiger partial charge in [-0.2, -0.15) is 5.21 Å². The molecule has 1 amide bonds. The first-order valence-corrected chi connectivity index (χ1v) is 5.40. The van der Waals surface area contributed by atoms with Gasteiger partial charge in [0.2, 0.25) is 5.91 Å². The van der Waals surface area contributed by atoms with Crippen molar-refractivity contribution >= 4 is 5.91 Å². The SMILES string of the molecule is CC(NC(=O)CC1CCCO1)c1nn[nH]n1. The molecule has 1 fully saturated rings. The Hall–Kier alpha value is -1.50. The van der Waals surface area contributed by atoms with Crippen LogP contribution in [0.5, 0.6) is 0 Å². The van der Waals surface area contributed by atoms with E-state index < -0.39 is 0 Å². The lowest BCUT2D eigenvalue weighted by molar-refractivity contribution is -0.123. The van der Waals surface area contributed by atoms with Gasteiger partial charge in [0, 0.05) is 6.61 Å². The Balaban J connectivity index is 1.78. The van der Waals surface area contributed by atoms with Crippen LogP contribution in [0.1, 0.15) is 38.1 Å². The van der Waals surface area contributed by atoms with Gasteiger partial charge in [-0.05, 0) is 19.8 Å². The van der Waals surface area contributed by atoms with Gasteiger partial charge in [0.25, 0.3) is 0 Å². The molecule has 7 heteroatoms. The third-order valence-corrected chi connectivity index (χ3v) is 2.56. The minimum Gasteiger partial charge on any atom is -0.378 e. The Labute approximate surface area is 92.9 Å². The molecule has 2 atom stereocenters. The van der Waals surface area contributed by atoms with E-state index in [0.29, 0.717) is 12.2 Å². The van der Waals surface area contributed by atoms with Crippen LogP contribution in [0.2, 0.25) is 0 Å². The molecule has 0 saturated carbocycles. The monoisotopic (exact) mass is 225 g/mol. The molecular formula is C9H15N5O2. The molecule has 1 aliphatic heterocycles. The Morgan fingerprint density at radius 3 is 3.25 bits per heavy atom. The van der Waals surface area contributed by atoms with Crippen molar-refractivity contribution in [1.29, 1.82) is 0 Å². The number of tetrazole rings is 1. The second-order valence-corrected chi connectivity index (χ2v) is 3.90. The Morgan fingerprint density at radius 2 is 2.62 bits per heavy atom. The standard InChI is InChI=1S/C9H15N5O2/c1-6(9-11-13-14-12-9)10-8(15)5-7-3-2-4-16-7/h6-7H,2-5H2,1H3,(H,10,15)(H,11,12,13,14). The summed E-state index contributed by atoms with van der Waals surface area (Å²) < 4.78 is 5.39. The summed E-state index contributed by atoms with van der Waals surface area (Å²) in [4.78, 5) is 11.6. The summed E-state index contributed by atoms with van der Waals surface area (Å²) in [5.74, 6) is 0.449. The van der Waals surface area contributed by atoms with Gasteiger partial charge < -0.3 is 10.1 Å². The summed E-state index contributed by atoms with van der Waals surface area (Å²) in [5.41, 5.74) is 0. The topological polar surface area (TPSA) is 92.8 Å². The summed E-state index contributed by atoms with van der Waals surface area (Å²) in [7, 11) is 0. The molecule has 1 aromatic heterocycles. The Kier molecular flexibility index (Phi) is 3.45.